The lowest BCUT2D eigenvalue weighted by molar-refractivity contribution is -0.106. The number of sulfonamides is 1. The molecule has 0 atom stereocenters. The third kappa shape index (κ3) is 6.75. The van der Waals surface area contributed by atoms with Crippen molar-refractivity contribution in [1.29, 1.82) is 0 Å². The Bertz CT molecular complexity index is 1440. The number of para-hydroxylation sites is 2. The molecular formula is C23H27F5N8O3S. The molecule has 3 heterocycles. The van der Waals surface area contributed by atoms with E-state index in [2.05, 4.69) is 30.0 Å². The van der Waals surface area contributed by atoms with Gasteiger partial charge in [0.1, 0.15) is 0 Å². The van der Waals surface area contributed by atoms with Crippen molar-refractivity contribution in [3.05, 3.63) is 30.1 Å². The number of ether oxygens (including phenoxy) is 1. The van der Waals surface area contributed by atoms with E-state index < -0.39 is 40.2 Å². The first kappa shape index (κ1) is 28.4. The molecule has 11 nitrogen and oxygen atoms in total. The standard InChI is InChI=1S/C23H27F5N8O3S/c24-18(25)19-30-16-3-1-2-4-17(16)36(19)22-32-20(31-21(33-22)35-9-11-39-12-10-35)29-14-5-7-15(8-6-14)34-40(37,38)13-23(26,27)28/h1-4,14-15,18,34H,5-13H2,(H,29,31,32,33). The number of benzene rings is 1. The molecule has 2 fully saturated rings. The second-order valence-corrected chi connectivity index (χ2v) is 11.4. The second-order valence-electron chi connectivity index (χ2n) is 9.64. The normalized spacial score (nSPS) is 20.8. The minimum Gasteiger partial charge on any atom is -0.378 e. The lowest BCUT2D eigenvalue weighted by atomic mass is 9.92. The quantitative estimate of drug-likeness (QED) is 0.381. The predicted octanol–water partition coefficient (Wildman–Crippen LogP) is 3.19. The van der Waals surface area contributed by atoms with Crippen molar-refractivity contribution in [3.8, 4) is 5.95 Å². The van der Waals surface area contributed by atoms with Gasteiger partial charge in [-0.05, 0) is 37.8 Å². The van der Waals surface area contributed by atoms with Crippen LogP contribution in [0.4, 0.5) is 33.8 Å². The number of nitrogens with one attached hydrogen (secondary N) is 2. The van der Waals surface area contributed by atoms with Crippen molar-refractivity contribution in [1.82, 2.24) is 29.2 Å². The highest BCUT2D eigenvalue weighted by molar-refractivity contribution is 7.89. The van der Waals surface area contributed by atoms with Gasteiger partial charge in [0.2, 0.25) is 27.9 Å². The van der Waals surface area contributed by atoms with E-state index in [0.717, 1.165) is 0 Å². The highest BCUT2D eigenvalue weighted by Gasteiger charge is 2.37. The van der Waals surface area contributed by atoms with Crippen LogP contribution in [-0.2, 0) is 14.8 Å². The van der Waals surface area contributed by atoms with Gasteiger partial charge in [0, 0.05) is 25.2 Å². The number of hydrogen-bond donors (Lipinski definition) is 2. The van der Waals surface area contributed by atoms with E-state index in [1.807, 2.05) is 4.90 Å². The fraction of sp³-hybridized carbons (Fsp3) is 0.565. The van der Waals surface area contributed by atoms with Crippen molar-refractivity contribution in [2.75, 3.05) is 42.3 Å². The largest absolute Gasteiger partial charge is 0.404 e. The number of nitrogens with zero attached hydrogens (tertiary/aromatic N) is 6. The summed E-state index contributed by atoms with van der Waals surface area (Å²) in [4.78, 5) is 19.4. The van der Waals surface area contributed by atoms with E-state index in [1.54, 1.807) is 24.3 Å². The molecule has 218 valence electrons. The molecule has 2 N–H and O–H groups in total. The first-order chi connectivity index (χ1) is 19.0. The van der Waals surface area contributed by atoms with E-state index in [4.69, 9.17) is 4.74 Å². The molecule has 1 aliphatic carbocycles. The van der Waals surface area contributed by atoms with Crippen LogP contribution in [0.3, 0.4) is 0 Å². The highest BCUT2D eigenvalue weighted by Crippen LogP contribution is 2.29. The Hall–Kier alpha value is -3.18. The fourth-order valence-electron chi connectivity index (χ4n) is 4.87. The molecule has 0 unspecified atom stereocenters. The van der Waals surface area contributed by atoms with Crippen molar-refractivity contribution in [3.63, 3.8) is 0 Å². The maximum absolute atomic E-state index is 14.0. The van der Waals surface area contributed by atoms with E-state index in [-0.39, 0.29) is 23.9 Å². The molecule has 5 rings (SSSR count). The maximum atomic E-state index is 14.0. The number of anilines is 2. The number of morpholine rings is 1. The van der Waals surface area contributed by atoms with Crippen LogP contribution in [0.25, 0.3) is 17.0 Å². The number of hydrogen-bond acceptors (Lipinski definition) is 9. The summed E-state index contributed by atoms with van der Waals surface area (Å²) in [5.41, 5.74) is 0.751. The van der Waals surface area contributed by atoms with Gasteiger partial charge in [-0.25, -0.2) is 26.9 Å². The predicted molar refractivity (Wildman–Crippen MR) is 135 cm³/mol. The molecule has 2 aliphatic rings. The van der Waals surface area contributed by atoms with Crippen molar-refractivity contribution < 1.29 is 35.1 Å². The fourth-order valence-corrected chi connectivity index (χ4v) is 6.13. The summed E-state index contributed by atoms with van der Waals surface area (Å²) in [5, 5.41) is 3.18. The third-order valence-electron chi connectivity index (χ3n) is 6.65. The zero-order valence-corrected chi connectivity index (χ0v) is 21.9. The SMILES string of the molecule is O=S(=O)(CC(F)(F)F)NC1CCC(Nc2nc(N3CCOCC3)nc(-n3c(C(F)F)nc4ccccc43)n2)CC1. The van der Waals surface area contributed by atoms with Gasteiger partial charge < -0.3 is 15.0 Å². The van der Waals surface area contributed by atoms with Gasteiger partial charge in [0.05, 0.1) is 24.2 Å². The molecule has 0 spiro atoms. The Morgan fingerprint density at radius 2 is 1.60 bits per heavy atom. The number of alkyl halides is 5. The molecule has 0 radical (unpaired) electrons. The van der Waals surface area contributed by atoms with Crippen LogP contribution in [0, 0.1) is 0 Å². The van der Waals surface area contributed by atoms with Crippen LogP contribution < -0.4 is 14.9 Å². The highest BCUT2D eigenvalue weighted by atomic mass is 32.2. The molecule has 1 saturated carbocycles. The molecule has 1 aromatic carbocycles. The summed E-state index contributed by atoms with van der Waals surface area (Å²) < 4.78 is 98.1. The Morgan fingerprint density at radius 3 is 2.27 bits per heavy atom. The smallest absolute Gasteiger partial charge is 0.378 e. The van der Waals surface area contributed by atoms with Crippen LogP contribution in [0.1, 0.15) is 37.9 Å². The van der Waals surface area contributed by atoms with E-state index in [0.29, 0.717) is 63.0 Å². The average molecular weight is 591 g/mol. The zero-order chi connectivity index (χ0) is 28.5. The van der Waals surface area contributed by atoms with E-state index in [1.165, 1.54) is 4.57 Å². The lowest BCUT2D eigenvalue weighted by Gasteiger charge is -2.30. The monoisotopic (exact) mass is 590 g/mol. The van der Waals surface area contributed by atoms with Crippen LogP contribution in [0.5, 0.6) is 0 Å². The molecule has 2 aromatic heterocycles. The van der Waals surface area contributed by atoms with Gasteiger partial charge in [-0.2, -0.15) is 28.1 Å². The molecule has 1 saturated heterocycles. The first-order valence-electron chi connectivity index (χ1n) is 12.7. The molecule has 40 heavy (non-hydrogen) atoms. The second kappa shape index (κ2) is 11.4. The van der Waals surface area contributed by atoms with Crippen molar-refractivity contribution >= 4 is 33.0 Å². The number of imidazole rings is 1. The number of rotatable bonds is 8. The summed E-state index contributed by atoms with van der Waals surface area (Å²) in [7, 11) is -4.51. The summed E-state index contributed by atoms with van der Waals surface area (Å²) in [6, 6.07) is 5.77. The molecule has 1 aliphatic heterocycles. The molecule has 0 amide bonds. The Kier molecular flexibility index (Phi) is 8.05. The van der Waals surface area contributed by atoms with E-state index in [9.17, 15) is 30.4 Å². The minimum absolute atomic E-state index is 0.0448. The Balaban J connectivity index is 1.39. The van der Waals surface area contributed by atoms with Crippen molar-refractivity contribution in [2.45, 2.75) is 50.4 Å². The molecule has 3 aromatic rings. The molecular weight excluding hydrogens is 563 g/mol. The number of fused-ring (bicyclic) bond motifs is 1. The Labute approximate surface area is 226 Å². The van der Waals surface area contributed by atoms with E-state index >= 15 is 0 Å². The lowest BCUT2D eigenvalue weighted by Crippen LogP contribution is -2.43. The summed E-state index contributed by atoms with van der Waals surface area (Å²) in [6.45, 7) is 1.85. The van der Waals surface area contributed by atoms with Gasteiger partial charge >= 0.3 is 6.18 Å². The first-order valence-corrected chi connectivity index (χ1v) is 14.3. The van der Waals surface area contributed by atoms with Crippen LogP contribution in [0.2, 0.25) is 0 Å². The van der Waals surface area contributed by atoms with Crippen LogP contribution in [0.15, 0.2) is 24.3 Å². The third-order valence-corrected chi connectivity index (χ3v) is 8.05. The topological polar surface area (TPSA) is 127 Å². The average Bonchev–Trinajstić information content (AvgIpc) is 3.29. The summed E-state index contributed by atoms with van der Waals surface area (Å²) >= 11 is 0. The van der Waals surface area contributed by atoms with Crippen LogP contribution in [-0.4, -0.2) is 83.2 Å². The van der Waals surface area contributed by atoms with Crippen LogP contribution >= 0.6 is 0 Å². The Morgan fingerprint density at radius 1 is 0.950 bits per heavy atom. The van der Waals surface area contributed by atoms with Gasteiger partial charge in [-0.3, -0.25) is 4.57 Å². The molecule has 17 heteroatoms. The van der Waals surface area contributed by atoms with Crippen molar-refractivity contribution in [2.24, 2.45) is 0 Å². The number of aromatic nitrogens is 5. The molecule has 0 bridgehead atoms. The minimum atomic E-state index is -4.83. The summed E-state index contributed by atoms with van der Waals surface area (Å²) in [6.07, 6.45) is -6.30. The van der Waals surface area contributed by atoms with Gasteiger partial charge in [-0.15, -0.1) is 0 Å². The van der Waals surface area contributed by atoms with Gasteiger partial charge in [0.25, 0.3) is 6.43 Å². The maximum Gasteiger partial charge on any atom is 0.404 e. The zero-order valence-electron chi connectivity index (χ0n) is 21.1. The van der Waals surface area contributed by atoms with Gasteiger partial charge in [-0.1, -0.05) is 12.1 Å². The van der Waals surface area contributed by atoms with Gasteiger partial charge in [0.15, 0.2) is 11.6 Å². The number of halogens is 5. The summed E-state index contributed by atoms with van der Waals surface area (Å²) in [5.74, 6) is -2.10.